The first-order chi connectivity index (χ1) is 8.65. The molecular weight excluding hydrogens is 268 g/mol. The molecule has 0 aromatic heterocycles. The predicted octanol–water partition coefficient (Wildman–Crippen LogP) is 1.89. The molecule has 5 heteroatoms. The molecule has 3 N–H and O–H groups in total. The standard InChI is InChI=1S/C13H15ClN2OS/c1-2-6-18-7-5-16-9-11-4-3-10(13(15)17)8-12(11)14/h1,3-4,8,16H,5-7,9H2,(H2,15,17). The number of nitrogens with two attached hydrogens (primary N) is 1. The van der Waals surface area contributed by atoms with Gasteiger partial charge < -0.3 is 11.1 Å². The second kappa shape index (κ2) is 8.04. The summed E-state index contributed by atoms with van der Waals surface area (Å²) in [6.45, 7) is 1.52. The van der Waals surface area contributed by atoms with Crippen LogP contribution in [0.4, 0.5) is 0 Å². The Kier molecular flexibility index (Phi) is 6.66. The predicted molar refractivity (Wildman–Crippen MR) is 77.8 cm³/mol. The van der Waals surface area contributed by atoms with Crippen LogP contribution in [0.25, 0.3) is 0 Å². The van der Waals surface area contributed by atoms with Gasteiger partial charge in [0.1, 0.15) is 0 Å². The number of halogens is 1. The third-order valence-corrected chi connectivity index (χ3v) is 3.48. The number of carbonyl (C=O) groups excluding carboxylic acids is 1. The highest BCUT2D eigenvalue weighted by Crippen LogP contribution is 2.17. The van der Waals surface area contributed by atoms with E-state index in [2.05, 4.69) is 11.2 Å². The van der Waals surface area contributed by atoms with Gasteiger partial charge in [-0.05, 0) is 17.7 Å². The number of terminal acetylenes is 1. The average Bonchev–Trinajstić information content (AvgIpc) is 2.35. The molecule has 0 aliphatic heterocycles. The topological polar surface area (TPSA) is 55.1 Å². The molecule has 18 heavy (non-hydrogen) atoms. The summed E-state index contributed by atoms with van der Waals surface area (Å²) in [7, 11) is 0. The zero-order chi connectivity index (χ0) is 13.4. The Bertz CT molecular complexity index is 457. The van der Waals surface area contributed by atoms with E-state index in [1.165, 1.54) is 0 Å². The fourth-order valence-corrected chi connectivity index (χ4v) is 2.14. The van der Waals surface area contributed by atoms with Crippen molar-refractivity contribution in [2.24, 2.45) is 5.73 Å². The van der Waals surface area contributed by atoms with E-state index in [1.54, 1.807) is 23.9 Å². The lowest BCUT2D eigenvalue weighted by Crippen LogP contribution is -2.17. The van der Waals surface area contributed by atoms with Gasteiger partial charge in [-0.1, -0.05) is 23.6 Å². The zero-order valence-electron chi connectivity index (χ0n) is 9.91. The van der Waals surface area contributed by atoms with Crippen LogP contribution in [0.3, 0.4) is 0 Å². The van der Waals surface area contributed by atoms with Crippen molar-refractivity contribution in [1.82, 2.24) is 5.32 Å². The van der Waals surface area contributed by atoms with Gasteiger partial charge in [0, 0.05) is 29.4 Å². The van der Waals surface area contributed by atoms with Gasteiger partial charge in [0.25, 0.3) is 0 Å². The summed E-state index contributed by atoms with van der Waals surface area (Å²) in [5.74, 6) is 3.79. The molecule has 1 rings (SSSR count). The second-order valence-corrected chi connectivity index (χ2v) is 5.12. The summed E-state index contributed by atoms with van der Waals surface area (Å²) in [6.07, 6.45) is 5.15. The van der Waals surface area contributed by atoms with Gasteiger partial charge in [-0.25, -0.2) is 0 Å². The first-order valence-electron chi connectivity index (χ1n) is 5.45. The molecule has 0 atom stereocenters. The number of amides is 1. The van der Waals surface area contributed by atoms with E-state index in [4.69, 9.17) is 23.8 Å². The van der Waals surface area contributed by atoms with E-state index in [-0.39, 0.29) is 0 Å². The largest absolute Gasteiger partial charge is 0.366 e. The summed E-state index contributed by atoms with van der Waals surface area (Å²) in [5.41, 5.74) is 6.54. The number of primary amides is 1. The van der Waals surface area contributed by atoms with Gasteiger partial charge in [0.2, 0.25) is 5.91 Å². The summed E-state index contributed by atoms with van der Waals surface area (Å²) in [5, 5.41) is 3.81. The van der Waals surface area contributed by atoms with Crippen molar-refractivity contribution in [2.75, 3.05) is 18.1 Å². The third kappa shape index (κ3) is 5.01. The first kappa shape index (κ1) is 14.9. The maximum atomic E-state index is 11.0. The smallest absolute Gasteiger partial charge is 0.248 e. The minimum Gasteiger partial charge on any atom is -0.366 e. The Morgan fingerprint density at radius 2 is 2.33 bits per heavy atom. The lowest BCUT2D eigenvalue weighted by atomic mass is 10.1. The van der Waals surface area contributed by atoms with E-state index in [9.17, 15) is 4.79 Å². The Labute approximate surface area is 116 Å². The van der Waals surface area contributed by atoms with E-state index >= 15 is 0 Å². The Morgan fingerprint density at radius 1 is 1.56 bits per heavy atom. The van der Waals surface area contributed by atoms with Crippen LogP contribution in [0, 0.1) is 12.3 Å². The minimum atomic E-state index is -0.470. The number of thioether (sulfide) groups is 1. The Hall–Kier alpha value is -1.15. The normalized spacial score (nSPS) is 10.0. The monoisotopic (exact) mass is 282 g/mol. The molecule has 0 unspecified atom stereocenters. The van der Waals surface area contributed by atoms with Gasteiger partial charge in [-0.2, -0.15) is 0 Å². The molecule has 0 saturated carbocycles. The molecule has 0 fully saturated rings. The van der Waals surface area contributed by atoms with Crippen molar-refractivity contribution in [3.63, 3.8) is 0 Å². The van der Waals surface area contributed by atoms with Crippen molar-refractivity contribution in [3.05, 3.63) is 34.3 Å². The van der Waals surface area contributed by atoms with Crippen molar-refractivity contribution in [1.29, 1.82) is 0 Å². The summed E-state index contributed by atoms with van der Waals surface area (Å²) >= 11 is 7.76. The van der Waals surface area contributed by atoms with Gasteiger partial charge >= 0.3 is 0 Å². The number of hydrogen-bond acceptors (Lipinski definition) is 3. The van der Waals surface area contributed by atoms with Crippen molar-refractivity contribution < 1.29 is 4.79 Å². The van der Waals surface area contributed by atoms with Crippen LogP contribution in [-0.2, 0) is 6.54 Å². The zero-order valence-corrected chi connectivity index (χ0v) is 11.5. The van der Waals surface area contributed by atoms with Gasteiger partial charge in [0.15, 0.2) is 0 Å². The number of carbonyl (C=O) groups is 1. The van der Waals surface area contributed by atoms with Crippen molar-refractivity contribution in [3.8, 4) is 12.3 Å². The molecular formula is C13H15ClN2OS. The maximum Gasteiger partial charge on any atom is 0.248 e. The molecule has 0 aliphatic carbocycles. The molecule has 0 radical (unpaired) electrons. The molecule has 96 valence electrons. The first-order valence-corrected chi connectivity index (χ1v) is 6.98. The molecule has 3 nitrogen and oxygen atoms in total. The SMILES string of the molecule is C#CCSCCNCc1ccc(C(N)=O)cc1Cl. The van der Waals surface area contributed by atoms with Gasteiger partial charge in [-0.3, -0.25) is 4.79 Å². The maximum absolute atomic E-state index is 11.0. The molecule has 0 heterocycles. The highest BCUT2D eigenvalue weighted by molar-refractivity contribution is 7.99. The van der Waals surface area contributed by atoms with Crippen LogP contribution < -0.4 is 11.1 Å². The van der Waals surface area contributed by atoms with E-state index in [0.29, 0.717) is 17.1 Å². The van der Waals surface area contributed by atoms with Crippen LogP contribution >= 0.6 is 23.4 Å². The summed E-state index contributed by atoms with van der Waals surface area (Å²) in [4.78, 5) is 11.0. The van der Waals surface area contributed by atoms with Crippen LogP contribution in [0.2, 0.25) is 5.02 Å². The highest BCUT2D eigenvalue weighted by atomic mass is 35.5. The Morgan fingerprint density at radius 3 is 2.94 bits per heavy atom. The fraction of sp³-hybridized carbons (Fsp3) is 0.308. The van der Waals surface area contributed by atoms with E-state index < -0.39 is 5.91 Å². The molecule has 1 amide bonds. The molecule has 1 aromatic carbocycles. The van der Waals surface area contributed by atoms with Crippen LogP contribution in [0.15, 0.2) is 18.2 Å². The average molecular weight is 283 g/mol. The quantitative estimate of drug-likeness (QED) is 0.593. The molecule has 0 saturated heterocycles. The fourth-order valence-electron chi connectivity index (χ4n) is 1.34. The molecule has 1 aromatic rings. The second-order valence-electron chi connectivity index (χ2n) is 3.60. The van der Waals surface area contributed by atoms with E-state index in [1.807, 2.05) is 6.07 Å². The molecule has 0 spiro atoms. The summed E-state index contributed by atoms with van der Waals surface area (Å²) < 4.78 is 0. The third-order valence-electron chi connectivity index (χ3n) is 2.26. The van der Waals surface area contributed by atoms with Crippen molar-refractivity contribution >= 4 is 29.3 Å². The van der Waals surface area contributed by atoms with Crippen molar-refractivity contribution in [2.45, 2.75) is 6.54 Å². The molecule has 0 bridgehead atoms. The number of benzene rings is 1. The van der Waals surface area contributed by atoms with Gasteiger partial charge in [-0.15, -0.1) is 18.2 Å². The minimum absolute atomic E-state index is 0.424. The van der Waals surface area contributed by atoms with Crippen LogP contribution in [-0.4, -0.2) is 24.0 Å². The highest BCUT2D eigenvalue weighted by Gasteiger charge is 2.05. The lowest BCUT2D eigenvalue weighted by molar-refractivity contribution is 0.100. The number of rotatable bonds is 7. The van der Waals surface area contributed by atoms with Crippen LogP contribution in [0.1, 0.15) is 15.9 Å². The molecule has 0 aliphatic rings. The Balaban J connectivity index is 2.39. The number of hydrogen-bond donors (Lipinski definition) is 2. The number of nitrogens with one attached hydrogen (secondary N) is 1. The van der Waals surface area contributed by atoms with E-state index in [0.717, 1.165) is 23.6 Å². The summed E-state index contributed by atoms with van der Waals surface area (Å²) in [6, 6.07) is 5.08. The van der Waals surface area contributed by atoms with Crippen LogP contribution in [0.5, 0.6) is 0 Å². The lowest BCUT2D eigenvalue weighted by Gasteiger charge is -2.07. The van der Waals surface area contributed by atoms with Gasteiger partial charge in [0.05, 0.1) is 5.75 Å².